The lowest BCUT2D eigenvalue weighted by molar-refractivity contribution is -0.132. The maximum atomic E-state index is 13.8. The molecule has 0 bridgehead atoms. The Bertz CT molecular complexity index is 3350. The van der Waals surface area contributed by atoms with Gasteiger partial charge in [-0.3, -0.25) is 33.9 Å². The second-order valence-corrected chi connectivity index (χ2v) is 17.5. The average Bonchev–Trinajstić information content (AvgIpc) is 3.71. The molecule has 5 aromatic rings. The van der Waals surface area contributed by atoms with Crippen molar-refractivity contribution >= 4 is 51.5 Å². The quantitative estimate of drug-likeness (QED) is 0.0722. The zero-order valence-electron chi connectivity index (χ0n) is 38.4. The second kappa shape index (κ2) is 20.3. The van der Waals surface area contributed by atoms with Gasteiger partial charge in [0.25, 0.3) is 17.7 Å². The molecule has 4 aliphatic rings. The number of carbonyl (C=O) groups excluding carboxylic acids is 4. The first-order chi connectivity index (χ1) is 34.6. The Balaban J connectivity index is 0.731. The molecule has 17 nitrogen and oxygen atoms in total. The van der Waals surface area contributed by atoms with Gasteiger partial charge in [-0.05, 0) is 89.8 Å². The highest BCUT2D eigenvalue weighted by Crippen LogP contribution is 2.42. The van der Waals surface area contributed by atoms with Crippen LogP contribution in [-0.2, 0) is 9.59 Å². The summed E-state index contributed by atoms with van der Waals surface area (Å²) in [7, 11) is 0. The average molecular weight is 978 g/mol. The van der Waals surface area contributed by atoms with Crippen LogP contribution in [0.5, 0.6) is 11.5 Å². The molecule has 0 radical (unpaired) electrons. The fourth-order valence-corrected chi connectivity index (χ4v) is 9.11. The lowest BCUT2D eigenvalue weighted by atomic mass is 9.89. The molecule has 2 fully saturated rings. The van der Waals surface area contributed by atoms with Gasteiger partial charge in [0.05, 0.1) is 49.0 Å². The van der Waals surface area contributed by atoms with Crippen molar-refractivity contribution < 1.29 is 52.1 Å². The van der Waals surface area contributed by atoms with Gasteiger partial charge in [0.2, 0.25) is 11.8 Å². The molecule has 19 heteroatoms. The van der Waals surface area contributed by atoms with Gasteiger partial charge in [0.1, 0.15) is 28.9 Å². The monoisotopic (exact) mass is 977 g/mol. The summed E-state index contributed by atoms with van der Waals surface area (Å²) in [5, 5.41) is 35.7. The number of aromatic carboxylic acids is 1. The van der Waals surface area contributed by atoms with Gasteiger partial charge in [0, 0.05) is 84.9 Å². The number of amides is 4. The standard InChI is InChI=1S/C53H45F2N7O10/c54-53(55)26-34(27-56)62(30-53)48(66)29-59-51(68)39-14-15-57-44-23-32(4-10-38(39)44)31-2-8-37(9-3-31)71-21-1-16-60-17-19-61(20-18-60)47(65)28-58-50(67)33-5-11-40(52(69)70)43(22-33)49-41-12-6-35(63)24-45(41)72-46-25-36(64)7-13-42(46)49/h2-15,22-25,34,63H,1,16-21,26,28-30H2,(H,58,67)(H,59,68)(H,69,70)/t34-/m0/s1. The number of aromatic nitrogens is 1. The lowest BCUT2D eigenvalue weighted by Gasteiger charge is -2.34. The minimum atomic E-state index is -3.16. The van der Waals surface area contributed by atoms with Crippen molar-refractivity contribution in [3.8, 4) is 51.1 Å². The topological polar surface area (TPSA) is 236 Å². The zero-order valence-corrected chi connectivity index (χ0v) is 38.4. The number of hydrogen-bond acceptors (Lipinski definition) is 12. The highest BCUT2D eigenvalue weighted by atomic mass is 19.3. The van der Waals surface area contributed by atoms with Crippen LogP contribution < -0.4 is 20.8 Å². The number of piperazine rings is 1. The molecule has 0 spiro atoms. The van der Waals surface area contributed by atoms with Gasteiger partial charge < -0.3 is 39.8 Å². The van der Waals surface area contributed by atoms with Crippen molar-refractivity contribution in [3.63, 3.8) is 0 Å². The number of phenols is 1. The van der Waals surface area contributed by atoms with Crippen molar-refractivity contribution in [2.24, 2.45) is 0 Å². The Morgan fingerprint density at radius 3 is 2.31 bits per heavy atom. The van der Waals surface area contributed by atoms with Crippen LogP contribution in [0.3, 0.4) is 0 Å². The van der Waals surface area contributed by atoms with Crippen molar-refractivity contribution in [2.75, 3.05) is 59.0 Å². The summed E-state index contributed by atoms with van der Waals surface area (Å²) in [4.78, 5) is 86.2. The molecule has 1 aliphatic carbocycles. The second-order valence-electron chi connectivity index (χ2n) is 17.5. The summed E-state index contributed by atoms with van der Waals surface area (Å²) in [6.07, 6.45) is 1.46. The van der Waals surface area contributed by atoms with E-state index in [1.54, 1.807) is 23.1 Å². The number of carboxylic acids is 1. The zero-order chi connectivity index (χ0) is 50.7. The van der Waals surface area contributed by atoms with E-state index in [-0.39, 0.29) is 57.2 Å². The van der Waals surface area contributed by atoms with Crippen LogP contribution in [0.1, 0.15) is 43.9 Å². The van der Waals surface area contributed by atoms with E-state index in [1.165, 1.54) is 60.8 Å². The lowest BCUT2D eigenvalue weighted by Crippen LogP contribution is -2.51. The largest absolute Gasteiger partial charge is 0.508 e. The normalized spacial score (nSPS) is 15.6. The van der Waals surface area contributed by atoms with E-state index in [0.29, 0.717) is 66.0 Å². The highest BCUT2D eigenvalue weighted by molar-refractivity contribution is 6.10. The smallest absolute Gasteiger partial charge is 0.336 e. The Kier molecular flexibility index (Phi) is 13.6. The van der Waals surface area contributed by atoms with Crippen molar-refractivity contribution in [3.05, 3.63) is 136 Å². The molecule has 1 atom stereocenters. The van der Waals surface area contributed by atoms with Gasteiger partial charge in [0.15, 0.2) is 5.43 Å². The van der Waals surface area contributed by atoms with Crippen molar-refractivity contribution in [1.82, 2.24) is 30.3 Å². The molecule has 0 saturated carbocycles. The van der Waals surface area contributed by atoms with Crippen LogP contribution in [0, 0.1) is 11.3 Å². The first-order valence-electron chi connectivity index (χ1n) is 23.0. The molecular weight excluding hydrogens is 933 g/mol. The first kappa shape index (κ1) is 48.3. The number of hydrogen-bond donors (Lipinski definition) is 4. The molecular formula is C53H45F2N7O10. The molecule has 4 amide bonds. The van der Waals surface area contributed by atoms with Crippen molar-refractivity contribution in [1.29, 1.82) is 5.26 Å². The Morgan fingerprint density at radius 2 is 1.54 bits per heavy atom. The number of likely N-dealkylation sites (tertiary alicyclic amines) is 1. The number of nitrogens with one attached hydrogen (secondary N) is 2. The summed E-state index contributed by atoms with van der Waals surface area (Å²) in [6.45, 7) is 1.70. The number of benzene rings is 5. The van der Waals surface area contributed by atoms with E-state index < -0.39 is 55.2 Å². The maximum absolute atomic E-state index is 13.8. The number of pyridine rings is 1. The van der Waals surface area contributed by atoms with E-state index >= 15 is 0 Å². The van der Waals surface area contributed by atoms with Crippen LogP contribution in [0.4, 0.5) is 8.78 Å². The minimum absolute atomic E-state index is 0.0999. The number of ether oxygens (including phenoxy) is 1. The minimum Gasteiger partial charge on any atom is -0.508 e. The Morgan fingerprint density at radius 1 is 0.806 bits per heavy atom. The third-order valence-corrected chi connectivity index (χ3v) is 12.8. The molecule has 72 heavy (non-hydrogen) atoms. The number of fused-ring (bicyclic) bond motifs is 3. The van der Waals surface area contributed by atoms with Crippen LogP contribution >= 0.6 is 0 Å². The molecule has 3 aliphatic heterocycles. The fraction of sp³-hybridized carbons (Fsp3) is 0.245. The van der Waals surface area contributed by atoms with E-state index in [1.807, 2.05) is 36.4 Å². The SMILES string of the molecule is N#C[C@@H]1CC(F)(F)CN1C(=O)CNC(=O)c1ccnc2cc(-c3ccc(OCCCN4CCN(C(=O)CNC(=O)c5ccc(C(=O)O)c(-c6c7ccc(=O)cc-7oc7cc(O)ccc67)c5)CC4)cc3)ccc12. The number of nitrogens with zero attached hydrogens (tertiary/aromatic N) is 5. The number of carboxylic acid groups (broad SMARTS) is 1. The van der Waals surface area contributed by atoms with E-state index in [9.17, 15) is 53.0 Å². The molecule has 1 aromatic heterocycles. The number of alkyl halides is 2. The van der Waals surface area contributed by atoms with Gasteiger partial charge in [-0.25, -0.2) is 13.6 Å². The third kappa shape index (κ3) is 10.4. The summed E-state index contributed by atoms with van der Waals surface area (Å²) in [5.74, 6) is -5.87. The van der Waals surface area contributed by atoms with Crippen LogP contribution in [0.2, 0.25) is 0 Å². The molecule has 2 saturated heterocycles. The number of halogens is 2. The summed E-state index contributed by atoms with van der Waals surface area (Å²) >= 11 is 0. The van der Waals surface area contributed by atoms with E-state index in [0.717, 1.165) is 29.0 Å². The number of nitriles is 1. The van der Waals surface area contributed by atoms with Gasteiger partial charge in [-0.1, -0.05) is 24.3 Å². The summed E-state index contributed by atoms with van der Waals surface area (Å²) < 4.78 is 39.6. The fourth-order valence-electron chi connectivity index (χ4n) is 9.11. The van der Waals surface area contributed by atoms with Gasteiger partial charge in [-0.15, -0.1) is 0 Å². The first-order valence-corrected chi connectivity index (χ1v) is 23.0. The summed E-state index contributed by atoms with van der Waals surface area (Å²) in [6, 6.07) is 27.5. The Labute approximate surface area is 409 Å². The predicted octanol–water partition coefficient (Wildman–Crippen LogP) is 6.02. The molecule has 4 N–H and O–H groups in total. The third-order valence-electron chi connectivity index (χ3n) is 12.8. The van der Waals surface area contributed by atoms with Crippen LogP contribution in [-0.4, -0.2) is 130 Å². The number of carbonyl (C=O) groups is 5. The molecule has 4 heterocycles. The maximum Gasteiger partial charge on any atom is 0.336 e. The van der Waals surface area contributed by atoms with E-state index in [2.05, 4.69) is 20.5 Å². The molecule has 366 valence electrons. The summed E-state index contributed by atoms with van der Waals surface area (Å²) in [5.41, 5.74) is 3.36. The number of phenolic OH excluding ortho intramolecular Hbond substituents is 1. The molecule has 9 rings (SSSR count). The van der Waals surface area contributed by atoms with Crippen LogP contribution in [0.25, 0.3) is 55.4 Å². The van der Waals surface area contributed by atoms with Gasteiger partial charge in [-0.2, -0.15) is 5.26 Å². The highest BCUT2D eigenvalue weighted by Gasteiger charge is 2.47. The number of aromatic hydroxyl groups is 1. The predicted molar refractivity (Wildman–Crippen MR) is 259 cm³/mol. The van der Waals surface area contributed by atoms with Crippen LogP contribution in [0.15, 0.2) is 119 Å². The van der Waals surface area contributed by atoms with Crippen molar-refractivity contribution in [2.45, 2.75) is 24.8 Å². The van der Waals surface area contributed by atoms with E-state index in [4.69, 9.17) is 9.15 Å². The Hall–Kier alpha value is -8.76. The number of rotatable bonds is 14. The van der Waals surface area contributed by atoms with Gasteiger partial charge >= 0.3 is 5.97 Å². The molecule has 4 aromatic carbocycles. The molecule has 0 unspecified atom stereocenters.